The summed E-state index contributed by atoms with van der Waals surface area (Å²) in [5.74, 6) is 0.766. The molecule has 28 heavy (non-hydrogen) atoms. The number of aliphatic hydroxyl groups is 1. The van der Waals surface area contributed by atoms with E-state index in [1.54, 1.807) is 17.8 Å². The molecule has 1 aliphatic heterocycles. The summed E-state index contributed by atoms with van der Waals surface area (Å²) in [6, 6.07) is 0.563. The molecule has 0 bridgehead atoms. The van der Waals surface area contributed by atoms with Crippen molar-refractivity contribution in [3.05, 3.63) is 18.0 Å². The molecule has 0 aromatic carbocycles. The number of hydrogen-bond donors (Lipinski definition) is 3. The van der Waals surface area contributed by atoms with E-state index in [2.05, 4.69) is 39.5 Å². The smallest absolute Gasteiger partial charge is 0.191 e. The fourth-order valence-corrected chi connectivity index (χ4v) is 3.53. The van der Waals surface area contributed by atoms with E-state index < -0.39 is 5.60 Å². The molecule has 2 heterocycles. The predicted octanol–water partition coefficient (Wildman–Crippen LogP) is 2.46. The highest BCUT2D eigenvalue weighted by Gasteiger charge is 2.25. The lowest BCUT2D eigenvalue weighted by Crippen LogP contribution is -2.49. The summed E-state index contributed by atoms with van der Waals surface area (Å²) in [5, 5.41) is 21.7. The van der Waals surface area contributed by atoms with Gasteiger partial charge in [-0.3, -0.25) is 9.58 Å². The zero-order chi connectivity index (χ0) is 19.7. The number of rotatable bonds is 9. The fraction of sp³-hybridized carbons (Fsp3) is 0.800. The second kappa shape index (κ2) is 12.6. The Morgan fingerprint density at radius 2 is 2.14 bits per heavy atom. The largest absolute Gasteiger partial charge is 0.383 e. The zero-order valence-corrected chi connectivity index (χ0v) is 20.3. The minimum atomic E-state index is -1.03. The molecule has 0 saturated carbocycles. The molecular formula is C20H39IN6O. The van der Waals surface area contributed by atoms with Gasteiger partial charge in [-0.1, -0.05) is 19.8 Å². The fourth-order valence-electron chi connectivity index (χ4n) is 3.53. The standard InChI is InChI=1S/C20H38N6O.HI/c1-5-7-11-26-12-9-8-10-18(26)14-22-19(21-6-2)23-16-20(3,27)17-13-24-25(4)15-17;/h13,15,18,27H,5-12,14,16H2,1-4H3,(H2,21,22,23);1H. The number of aryl methyl sites for hydroxylation is 1. The first kappa shape index (κ1) is 25.2. The van der Waals surface area contributed by atoms with Crippen molar-refractivity contribution in [3.63, 3.8) is 0 Å². The number of unbranched alkanes of at least 4 members (excludes halogenated alkanes) is 1. The molecule has 1 aromatic rings. The Morgan fingerprint density at radius 1 is 1.36 bits per heavy atom. The summed E-state index contributed by atoms with van der Waals surface area (Å²) in [4.78, 5) is 7.25. The highest BCUT2D eigenvalue weighted by atomic mass is 127. The van der Waals surface area contributed by atoms with Gasteiger partial charge in [0.05, 0.1) is 12.7 Å². The number of piperidine rings is 1. The molecule has 1 aromatic heterocycles. The van der Waals surface area contributed by atoms with Crippen molar-refractivity contribution in [1.82, 2.24) is 25.3 Å². The molecule has 1 saturated heterocycles. The number of halogens is 1. The molecule has 2 atom stereocenters. The van der Waals surface area contributed by atoms with Crippen molar-refractivity contribution >= 4 is 29.9 Å². The molecule has 7 nitrogen and oxygen atoms in total. The van der Waals surface area contributed by atoms with Crippen LogP contribution in [0.3, 0.4) is 0 Å². The van der Waals surface area contributed by atoms with Gasteiger partial charge in [0.25, 0.3) is 0 Å². The molecule has 2 rings (SSSR count). The molecule has 1 aliphatic rings. The highest BCUT2D eigenvalue weighted by Crippen LogP contribution is 2.20. The lowest BCUT2D eigenvalue weighted by Gasteiger charge is -2.36. The van der Waals surface area contributed by atoms with Gasteiger partial charge in [-0.25, -0.2) is 4.99 Å². The SMILES string of the molecule is CCCCN1CCCCC1CNC(=NCC(C)(O)c1cnn(C)c1)NCC.I. The average Bonchev–Trinajstić information content (AvgIpc) is 3.10. The monoisotopic (exact) mass is 506 g/mol. The van der Waals surface area contributed by atoms with Crippen LogP contribution in [0, 0.1) is 0 Å². The Bertz CT molecular complexity index is 589. The van der Waals surface area contributed by atoms with Crippen LogP contribution in [-0.4, -0.2) is 64.5 Å². The van der Waals surface area contributed by atoms with Crippen molar-refractivity contribution in [3.8, 4) is 0 Å². The van der Waals surface area contributed by atoms with E-state index in [0.29, 0.717) is 6.04 Å². The van der Waals surface area contributed by atoms with Crippen LogP contribution in [0.1, 0.15) is 58.4 Å². The summed E-state index contributed by atoms with van der Waals surface area (Å²) in [6.45, 7) is 10.5. The zero-order valence-electron chi connectivity index (χ0n) is 17.9. The van der Waals surface area contributed by atoms with Crippen molar-refractivity contribution < 1.29 is 5.11 Å². The number of aromatic nitrogens is 2. The molecule has 0 aliphatic carbocycles. The van der Waals surface area contributed by atoms with E-state index in [0.717, 1.165) is 24.6 Å². The first-order valence-corrected chi connectivity index (χ1v) is 10.4. The van der Waals surface area contributed by atoms with Gasteiger partial charge in [-0.05, 0) is 46.2 Å². The number of aliphatic imine (C=N–C) groups is 1. The maximum atomic E-state index is 10.7. The van der Waals surface area contributed by atoms with Gasteiger partial charge in [-0.2, -0.15) is 5.10 Å². The molecule has 0 spiro atoms. The second-order valence-electron chi connectivity index (χ2n) is 7.79. The molecule has 0 amide bonds. The minimum Gasteiger partial charge on any atom is -0.383 e. The number of hydrogen-bond acceptors (Lipinski definition) is 4. The number of guanidine groups is 1. The molecule has 1 fully saturated rings. The topological polar surface area (TPSA) is 77.7 Å². The Balaban J connectivity index is 0.00000392. The van der Waals surface area contributed by atoms with E-state index in [9.17, 15) is 5.11 Å². The molecule has 3 N–H and O–H groups in total. The lowest BCUT2D eigenvalue weighted by molar-refractivity contribution is 0.0671. The highest BCUT2D eigenvalue weighted by molar-refractivity contribution is 14.0. The third-order valence-electron chi connectivity index (χ3n) is 5.27. The Kier molecular flexibility index (Phi) is 11.4. The molecule has 0 radical (unpaired) electrons. The van der Waals surface area contributed by atoms with Crippen LogP contribution in [0.25, 0.3) is 0 Å². The average molecular weight is 506 g/mol. The van der Waals surface area contributed by atoms with Crippen molar-refractivity contribution in [2.75, 3.05) is 32.7 Å². The maximum Gasteiger partial charge on any atom is 0.191 e. The molecular weight excluding hydrogens is 467 g/mol. The van der Waals surface area contributed by atoms with E-state index in [4.69, 9.17) is 0 Å². The Hall–Kier alpha value is -0.870. The van der Waals surface area contributed by atoms with Gasteiger partial charge >= 0.3 is 0 Å². The van der Waals surface area contributed by atoms with Crippen LogP contribution in [0.15, 0.2) is 17.4 Å². The van der Waals surface area contributed by atoms with Gasteiger partial charge in [-0.15, -0.1) is 24.0 Å². The van der Waals surface area contributed by atoms with Crippen molar-refractivity contribution in [2.24, 2.45) is 12.0 Å². The third kappa shape index (κ3) is 7.87. The van der Waals surface area contributed by atoms with Crippen LogP contribution in [0.4, 0.5) is 0 Å². The van der Waals surface area contributed by atoms with Gasteiger partial charge in [0.15, 0.2) is 5.96 Å². The summed E-state index contributed by atoms with van der Waals surface area (Å²) in [6.07, 6.45) is 9.89. The van der Waals surface area contributed by atoms with Crippen molar-refractivity contribution in [1.29, 1.82) is 0 Å². The minimum absolute atomic E-state index is 0. The lowest BCUT2D eigenvalue weighted by atomic mass is 10.0. The first-order valence-electron chi connectivity index (χ1n) is 10.4. The van der Waals surface area contributed by atoms with Gasteiger partial charge < -0.3 is 15.7 Å². The van der Waals surface area contributed by atoms with Gasteiger partial charge in [0.1, 0.15) is 5.60 Å². The second-order valence-corrected chi connectivity index (χ2v) is 7.79. The van der Waals surface area contributed by atoms with Gasteiger partial charge in [0.2, 0.25) is 0 Å². The summed E-state index contributed by atoms with van der Waals surface area (Å²) in [7, 11) is 1.85. The van der Waals surface area contributed by atoms with E-state index in [1.165, 1.54) is 45.2 Å². The number of likely N-dealkylation sites (tertiary alicyclic amines) is 1. The van der Waals surface area contributed by atoms with Crippen LogP contribution in [0.5, 0.6) is 0 Å². The summed E-state index contributed by atoms with van der Waals surface area (Å²) < 4.78 is 1.70. The Morgan fingerprint density at radius 3 is 2.79 bits per heavy atom. The number of nitrogens with zero attached hydrogens (tertiary/aromatic N) is 4. The summed E-state index contributed by atoms with van der Waals surface area (Å²) >= 11 is 0. The van der Waals surface area contributed by atoms with E-state index >= 15 is 0 Å². The van der Waals surface area contributed by atoms with Crippen LogP contribution in [-0.2, 0) is 12.6 Å². The van der Waals surface area contributed by atoms with Gasteiger partial charge in [0, 0.05) is 37.9 Å². The van der Waals surface area contributed by atoms with Crippen LogP contribution in [0.2, 0.25) is 0 Å². The quantitative estimate of drug-likeness (QED) is 0.273. The number of nitrogens with one attached hydrogen (secondary N) is 2. The van der Waals surface area contributed by atoms with E-state index in [-0.39, 0.29) is 30.5 Å². The molecule has 162 valence electrons. The normalized spacial score (nSPS) is 20.3. The maximum absolute atomic E-state index is 10.7. The summed E-state index contributed by atoms with van der Waals surface area (Å²) in [5.41, 5.74) is -0.253. The third-order valence-corrected chi connectivity index (χ3v) is 5.27. The first-order chi connectivity index (χ1) is 13.0. The van der Waals surface area contributed by atoms with Crippen molar-refractivity contribution in [2.45, 2.75) is 64.5 Å². The molecule has 2 unspecified atom stereocenters. The van der Waals surface area contributed by atoms with E-state index in [1.807, 2.05) is 13.2 Å². The molecule has 8 heteroatoms. The Labute approximate surface area is 187 Å². The van der Waals surface area contributed by atoms with Crippen LogP contribution >= 0.6 is 24.0 Å². The van der Waals surface area contributed by atoms with Crippen LogP contribution < -0.4 is 10.6 Å². The predicted molar refractivity (Wildman–Crippen MR) is 126 cm³/mol.